The molecular weight excluding hydrogens is 359 g/mol. The van der Waals surface area contributed by atoms with Gasteiger partial charge in [-0.2, -0.15) is 0 Å². The largest absolute Gasteiger partial charge is 0.378 e. The number of primary sulfonamides is 1. The van der Waals surface area contributed by atoms with Crippen molar-refractivity contribution in [3.05, 3.63) is 58.3 Å². The van der Waals surface area contributed by atoms with Crippen LogP contribution in [0.3, 0.4) is 0 Å². The highest BCUT2D eigenvalue weighted by molar-refractivity contribution is 9.10. The van der Waals surface area contributed by atoms with Crippen LogP contribution in [0.25, 0.3) is 0 Å². The van der Waals surface area contributed by atoms with Crippen molar-refractivity contribution in [3.63, 3.8) is 0 Å². The van der Waals surface area contributed by atoms with Crippen molar-refractivity contribution in [2.75, 3.05) is 5.32 Å². The number of anilines is 1. The molecule has 0 bridgehead atoms. The normalized spacial score (nSPS) is 13.0. The van der Waals surface area contributed by atoms with Crippen molar-refractivity contribution in [2.24, 2.45) is 5.14 Å². The molecule has 0 saturated carbocycles. The number of sulfonamides is 1. The summed E-state index contributed by atoms with van der Waals surface area (Å²) in [5, 5.41) is 8.19. The van der Waals surface area contributed by atoms with Crippen LogP contribution in [0.1, 0.15) is 18.5 Å². The van der Waals surface area contributed by atoms with E-state index in [1.54, 1.807) is 24.3 Å². The predicted molar refractivity (Wildman–Crippen MR) is 84.0 cm³/mol. The van der Waals surface area contributed by atoms with Gasteiger partial charge in [0.1, 0.15) is 5.82 Å². The van der Waals surface area contributed by atoms with Crippen molar-refractivity contribution in [1.82, 2.24) is 0 Å². The Morgan fingerprint density at radius 2 is 1.81 bits per heavy atom. The fraction of sp³-hybridized carbons (Fsp3) is 0.143. The maximum absolute atomic E-state index is 13.4. The van der Waals surface area contributed by atoms with Gasteiger partial charge in [0.15, 0.2) is 0 Å². The first-order chi connectivity index (χ1) is 9.77. The van der Waals surface area contributed by atoms with Gasteiger partial charge in [0.25, 0.3) is 0 Å². The average Bonchev–Trinajstić information content (AvgIpc) is 2.42. The maximum Gasteiger partial charge on any atom is 0.238 e. The summed E-state index contributed by atoms with van der Waals surface area (Å²) in [5.41, 5.74) is 1.50. The molecule has 0 aromatic heterocycles. The second-order valence-corrected chi connectivity index (χ2v) is 7.02. The highest BCUT2D eigenvalue weighted by atomic mass is 79.9. The van der Waals surface area contributed by atoms with Gasteiger partial charge >= 0.3 is 0 Å². The molecule has 1 atom stereocenters. The third kappa shape index (κ3) is 4.03. The van der Waals surface area contributed by atoms with Gasteiger partial charge in [0, 0.05) is 11.7 Å². The molecule has 3 N–H and O–H groups in total. The molecule has 0 amide bonds. The zero-order valence-electron chi connectivity index (χ0n) is 11.2. The van der Waals surface area contributed by atoms with Crippen LogP contribution < -0.4 is 10.5 Å². The Morgan fingerprint density at radius 3 is 2.33 bits per heavy atom. The van der Waals surface area contributed by atoms with Crippen molar-refractivity contribution in [3.8, 4) is 0 Å². The first-order valence-electron chi connectivity index (χ1n) is 6.12. The van der Waals surface area contributed by atoms with Gasteiger partial charge < -0.3 is 5.32 Å². The Labute approximate surface area is 131 Å². The van der Waals surface area contributed by atoms with E-state index in [0.717, 1.165) is 5.56 Å². The van der Waals surface area contributed by atoms with Crippen molar-refractivity contribution in [2.45, 2.75) is 17.9 Å². The zero-order chi connectivity index (χ0) is 15.6. The zero-order valence-corrected chi connectivity index (χ0v) is 13.6. The van der Waals surface area contributed by atoms with E-state index in [0.29, 0.717) is 10.2 Å². The summed E-state index contributed by atoms with van der Waals surface area (Å²) < 4.78 is 36.2. The van der Waals surface area contributed by atoms with Crippen molar-refractivity contribution >= 4 is 31.6 Å². The topological polar surface area (TPSA) is 72.2 Å². The fourth-order valence-corrected chi connectivity index (χ4v) is 2.63. The molecule has 21 heavy (non-hydrogen) atoms. The fourth-order valence-electron chi connectivity index (χ4n) is 1.87. The Hall–Kier alpha value is -1.44. The lowest BCUT2D eigenvalue weighted by molar-refractivity contribution is 0.597. The molecule has 1 unspecified atom stereocenters. The third-order valence-electron chi connectivity index (χ3n) is 3.01. The molecule has 4 nitrogen and oxygen atoms in total. The molecule has 2 rings (SSSR count). The van der Waals surface area contributed by atoms with E-state index in [1.807, 2.05) is 6.92 Å². The van der Waals surface area contributed by atoms with Crippen LogP contribution >= 0.6 is 15.9 Å². The van der Waals surface area contributed by atoms with Crippen LogP contribution in [0.4, 0.5) is 10.1 Å². The molecule has 2 aromatic carbocycles. The van der Waals surface area contributed by atoms with Crippen LogP contribution in [0, 0.1) is 5.82 Å². The summed E-state index contributed by atoms with van der Waals surface area (Å²) >= 11 is 3.10. The minimum absolute atomic E-state index is 0.0631. The van der Waals surface area contributed by atoms with Crippen LogP contribution in [0.15, 0.2) is 51.8 Å². The molecule has 2 aromatic rings. The molecule has 112 valence electrons. The lowest BCUT2D eigenvalue weighted by Crippen LogP contribution is -2.12. The Balaban J connectivity index is 2.16. The quantitative estimate of drug-likeness (QED) is 0.863. The van der Waals surface area contributed by atoms with Gasteiger partial charge in [-0.15, -0.1) is 0 Å². The maximum atomic E-state index is 13.4. The van der Waals surface area contributed by atoms with Gasteiger partial charge in [0.2, 0.25) is 10.0 Å². The van der Waals surface area contributed by atoms with E-state index >= 15 is 0 Å². The highest BCUT2D eigenvalue weighted by Gasteiger charge is 2.10. The van der Waals surface area contributed by atoms with Crippen LogP contribution in [-0.2, 0) is 10.0 Å². The van der Waals surface area contributed by atoms with E-state index in [2.05, 4.69) is 21.2 Å². The lowest BCUT2D eigenvalue weighted by atomic mass is 10.1. The summed E-state index contributed by atoms with van der Waals surface area (Å²) in [6, 6.07) is 10.9. The van der Waals surface area contributed by atoms with Crippen LogP contribution in [-0.4, -0.2) is 8.42 Å². The second-order valence-electron chi connectivity index (χ2n) is 4.61. The predicted octanol–water partition coefficient (Wildman–Crippen LogP) is 3.41. The Bertz CT molecular complexity index is 748. The summed E-state index contributed by atoms with van der Waals surface area (Å²) in [4.78, 5) is 0.0631. The van der Waals surface area contributed by atoms with Gasteiger partial charge in [-0.25, -0.2) is 17.9 Å². The molecular formula is C14H14BrFN2O2S. The number of nitrogens with one attached hydrogen (secondary N) is 1. The van der Waals surface area contributed by atoms with E-state index in [1.165, 1.54) is 18.2 Å². The number of hydrogen-bond donors (Lipinski definition) is 2. The highest BCUT2D eigenvalue weighted by Crippen LogP contribution is 2.24. The molecule has 0 aliphatic carbocycles. The number of hydrogen-bond acceptors (Lipinski definition) is 3. The molecule has 0 heterocycles. The molecule has 0 radical (unpaired) electrons. The van der Waals surface area contributed by atoms with E-state index < -0.39 is 10.0 Å². The SMILES string of the molecule is CC(Nc1ccc(Br)c(F)c1)c1ccc(S(N)(=O)=O)cc1. The van der Waals surface area contributed by atoms with Gasteiger partial charge in [-0.05, 0) is 58.7 Å². The number of nitrogens with two attached hydrogens (primary N) is 1. The molecule has 0 aliphatic heterocycles. The minimum atomic E-state index is -3.69. The molecule has 0 spiro atoms. The Morgan fingerprint density at radius 1 is 1.19 bits per heavy atom. The summed E-state index contributed by atoms with van der Waals surface area (Å²) in [5.74, 6) is -0.350. The number of rotatable bonds is 4. The van der Waals surface area contributed by atoms with E-state index in [-0.39, 0.29) is 16.8 Å². The average molecular weight is 373 g/mol. The van der Waals surface area contributed by atoms with E-state index in [4.69, 9.17) is 5.14 Å². The second kappa shape index (κ2) is 6.13. The summed E-state index contributed by atoms with van der Waals surface area (Å²) in [6.07, 6.45) is 0. The summed E-state index contributed by atoms with van der Waals surface area (Å²) in [6.45, 7) is 1.89. The van der Waals surface area contributed by atoms with Crippen LogP contribution in [0.2, 0.25) is 0 Å². The molecule has 0 fully saturated rings. The molecule has 0 aliphatic rings. The first kappa shape index (κ1) is 15.9. The standard InChI is InChI=1S/C14H14BrFN2O2S/c1-9(18-11-4-7-13(15)14(16)8-11)10-2-5-12(6-3-10)21(17,19)20/h2-9,18H,1H3,(H2,17,19,20). The van der Waals surface area contributed by atoms with Gasteiger partial charge in [-0.3, -0.25) is 0 Å². The number of halogens is 2. The molecule has 7 heteroatoms. The Kier molecular flexibility index (Phi) is 4.65. The number of benzene rings is 2. The first-order valence-corrected chi connectivity index (χ1v) is 8.45. The van der Waals surface area contributed by atoms with Crippen LogP contribution in [0.5, 0.6) is 0 Å². The smallest absolute Gasteiger partial charge is 0.238 e. The minimum Gasteiger partial charge on any atom is -0.378 e. The van der Waals surface area contributed by atoms with Crippen molar-refractivity contribution in [1.29, 1.82) is 0 Å². The summed E-state index contributed by atoms with van der Waals surface area (Å²) in [7, 11) is -3.69. The lowest BCUT2D eigenvalue weighted by Gasteiger charge is -2.16. The van der Waals surface area contributed by atoms with Crippen molar-refractivity contribution < 1.29 is 12.8 Å². The van der Waals surface area contributed by atoms with Gasteiger partial charge in [0.05, 0.1) is 9.37 Å². The van der Waals surface area contributed by atoms with E-state index in [9.17, 15) is 12.8 Å². The van der Waals surface area contributed by atoms with Gasteiger partial charge in [-0.1, -0.05) is 12.1 Å². The monoisotopic (exact) mass is 372 g/mol. The third-order valence-corrected chi connectivity index (χ3v) is 4.58. The molecule has 0 saturated heterocycles.